The van der Waals surface area contributed by atoms with Gasteiger partial charge < -0.3 is 10.7 Å². The Morgan fingerprint density at radius 1 is 1.19 bits per heavy atom. The quantitative estimate of drug-likeness (QED) is 0.431. The molecule has 0 aromatic carbocycles. The van der Waals surface area contributed by atoms with Crippen molar-refractivity contribution >= 4 is 11.5 Å². The highest BCUT2D eigenvalue weighted by Gasteiger charge is 2.09. The van der Waals surface area contributed by atoms with Crippen molar-refractivity contribution < 1.29 is 0 Å². The van der Waals surface area contributed by atoms with Gasteiger partial charge in [0, 0.05) is 24.0 Å². The Labute approximate surface area is 130 Å². The maximum Gasteiger partial charge on any atom is 0.135 e. The van der Waals surface area contributed by atoms with Crippen LogP contribution in [0.1, 0.15) is 71.3 Å². The van der Waals surface area contributed by atoms with E-state index in [1.54, 1.807) is 6.20 Å². The highest BCUT2D eigenvalue weighted by Crippen LogP contribution is 2.16. The van der Waals surface area contributed by atoms with Crippen molar-refractivity contribution in [2.24, 2.45) is 5.92 Å². The summed E-state index contributed by atoms with van der Waals surface area (Å²) in [4.78, 5) is 4.40. The Morgan fingerprint density at radius 2 is 1.90 bits per heavy atom. The minimum Gasteiger partial charge on any atom is -0.370 e. The zero-order valence-corrected chi connectivity index (χ0v) is 13.9. The third kappa shape index (κ3) is 7.26. The molecule has 1 rings (SSSR count). The molecule has 0 fully saturated rings. The van der Waals surface area contributed by atoms with Crippen molar-refractivity contribution in [2.75, 3.05) is 11.9 Å². The van der Waals surface area contributed by atoms with E-state index in [0.717, 1.165) is 24.3 Å². The Hall–Kier alpha value is -1.38. The number of rotatable bonds is 11. The molecule has 2 N–H and O–H groups in total. The summed E-state index contributed by atoms with van der Waals surface area (Å²) in [5, 5.41) is 11.6. The highest BCUT2D eigenvalue weighted by atomic mass is 15.0. The summed E-state index contributed by atoms with van der Waals surface area (Å²) in [6.07, 6.45) is 10.4. The summed E-state index contributed by atoms with van der Waals surface area (Å²) in [6.45, 7) is 7.49. The van der Waals surface area contributed by atoms with E-state index in [4.69, 9.17) is 5.41 Å². The molecule has 0 aliphatic carbocycles. The van der Waals surface area contributed by atoms with Crippen molar-refractivity contribution in [1.29, 1.82) is 5.41 Å². The minimum atomic E-state index is 0.504. The first-order chi connectivity index (χ1) is 10.1. The Kier molecular flexibility index (Phi) is 8.72. The fraction of sp³-hybridized carbons (Fsp3) is 0.667. The van der Waals surface area contributed by atoms with E-state index < -0.39 is 0 Å². The second-order valence-corrected chi connectivity index (χ2v) is 6.17. The number of anilines is 1. The standard InChI is InChI=1S/C18H31N3/c1-4-5-6-7-8-9-12-20-18-16(11-10-13-21-18)17(19)14-15(2)3/h10-11,13,15,19H,4-9,12,14H2,1-3H3,(H,20,21). The summed E-state index contributed by atoms with van der Waals surface area (Å²) in [7, 11) is 0. The molecule has 0 radical (unpaired) electrons. The molecule has 1 aromatic rings. The van der Waals surface area contributed by atoms with Gasteiger partial charge in [-0.2, -0.15) is 0 Å². The summed E-state index contributed by atoms with van der Waals surface area (Å²) in [5.41, 5.74) is 1.64. The van der Waals surface area contributed by atoms with E-state index in [-0.39, 0.29) is 0 Å². The van der Waals surface area contributed by atoms with Crippen LogP contribution in [-0.4, -0.2) is 17.2 Å². The Balaban J connectivity index is 2.39. The third-order valence-electron chi connectivity index (χ3n) is 3.57. The number of nitrogens with one attached hydrogen (secondary N) is 2. The van der Waals surface area contributed by atoms with Crippen LogP contribution in [0.3, 0.4) is 0 Å². The van der Waals surface area contributed by atoms with E-state index in [9.17, 15) is 0 Å². The molecule has 0 atom stereocenters. The minimum absolute atomic E-state index is 0.504. The van der Waals surface area contributed by atoms with E-state index >= 15 is 0 Å². The number of pyridine rings is 1. The molecule has 0 bridgehead atoms. The van der Waals surface area contributed by atoms with Crippen LogP contribution < -0.4 is 5.32 Å². The second kappa shape index (κ2) is 10.4. The molecular formula is C18H31N3. The first-order valence-electron chi connectivity index (χ1n) is 8.41. The number of hydrogen-bond donors (Lipinski definition) is 2. The molecule has 0 unspecified atom stereocenters. The molecule has 0 saturated heterocycles. The van der Waals surface area contributed by atoms with Crippen LogP contribution in [0, 0.1) is 11.3 Å². The molecule has 3 nitrogen and oxygen atoms in total. The van der Waals surface area contributed by atoms with Crippen molar-refractivity contribution in [3.8, 4) is 0 Å². The van der Waals surface area contributed by atoms with Gasteiger partial charge in [0.05, 0.1) is 0 Å². The predicted molar refractivity (Wildman–Crippen MR) is 92.4 cm³/mol. The maximum atomic E-state index is 8.21. The topological polar surface area (TPSA) is 48.8 Å². The predicted octanol–water partition coefficient (Wildman–Crippen LogP) is 5.27. The number of nitrogens with zero attached hydrogens (tertiary/aromatic N) is 1. The van der Waals surface area contributed by atoms with Crippen LogP contribution in [0.5, 0.6) is 0 Å². The first-order valence-corrected chi connectivity index (χ1v) is 8.41. The van der Waals surface area contributed by atoms with Gasteiger partial charge in [0.25, 0.3) is 0 Å². The van der Waals surface area contributed by atoms with Crippen LogP contribution in [-0.2, 0) is 0 Å². The second-order valence-electron chi connectivity index (χ2n) is 6.17. The lowest BCUT2D eigenvalue weighted by Gasteiger charge is -2.13. The summed E-state index contributed by atoms with van der Waals surface area (Å²) in [6, 6.07) is 3.92. The van der Waals surface area contributed by atoms with Gasteiger partial charge in [0.15, 0.2) is 0 Å². The lowest BCUT2D eigenvalue weighted by Crippen LogP contribution is -2.11. The van der Waals surface area contributed by atoms with Crippen molar-refractivity contribution in [3.63, 3.8) is 0 Å². The molecule has 118 valence electrons. The zero-order chi connectivity index (χ0) is 15.5. The Morgan fingerprint density at radius 3 is 2.62 bits per heavy atom. The van der Waals surface area contributed by atoms with E-state index in [1.807, 2.05) is 12.1 Å². The van der Waals surface area contributed by atoms with Gasteiger partial charge >= 0.3 is 0 Å². The lowest BCUT2D eigenvalue weighted by molar-refractivity contribution is 0.617. The largest absolute Gasteiger partial charge is 0.370 e. The molecule has 0 spiro atoms. The highest BCUT2D eigenvalue weighted by molar-refractivity contribution is 6.02. The van der Waals surface area contributed by atoms with E-state index in [2.05, 4.69) is 31.1 Å². The van der Waals surface area contributed by atoms with Crippen molar-refractivity contribution in [2.45, 2.75) is 65.7 Å². The van der Waals surface area contributed by atoms with Crippen LogP contribution in [0.15, 0.2) is 18.3 Å². The van der Waals surface area contributed by atoms with Gasteiger partial charge in [0.1, 0.15) is 5.82 Å². The summed E-state index contributed by atoms with van der Waals surface area (Å²) in [5.74, 6) is 1.38. The average molecular weight is 289 g/mol. The van der Waals surface area contributed by atoms with Crippen LogP contribution in [0.25, 0.3) is 0 Å². The Bertz CT molecular complexity index is 413. The molecular weight excluding hydrogens is 258 g/mol. The fourth-order valence-corrected chi connectivity index (χ4v) is 2.42. The van der Waals surface area contributed by atoms with Crippen LogP contribution >= 0.6 is 0 Å². The molecule has 21 heavy (non-hydrogen) atoms. The normalized spacial score (nSPS) is 10.9. The first kappa shape index (κ1) is 17.7. The van der Waals surface area contributed by atoms with Gasteiger partial charge in [-0.3, -0.25) is 0 Å². The molecule has 0 aliphatic heterocycles. The summed E-state index contributed by atoms with van der Waals surface area (Å²) < 4.78 is 0. The molecule has 1 aromatic heterocycles. The molecule has 0 saturated carbocycles. The van der Waals surface area contributed by atoms with E-state index in [1.165, 1.54) is 38.5 Å². The van der Waals surface area contributed by atoms with E-state index in [0.29, 0.717) is 11.6 Å². The lowest BCUT2D eigenvalue weighted by atomic mass is 10.0. The van der Waals surface area contributed by atoms with Crippen LogP contribution in [0.2, 0.25) is 0 Å². The molecule has 0 aliphatic rings. The SMILES string of the molecule is CCCCCCCCNc1ncccc1C(=N)CC(C)C. The molecule has 1 heterocycles. The van der Waals surface area contributed by atoms with Gasteiger partial charge in [-0.05, 0) is 30.9 Å². The maximum absolute atomic E-state index is 8.21. The third-order valence-corrected chi connectivity index (χ3v) is 3.57. The number of unbranched alkanes of at least 4 members (excludes halogenated alkanes) is 5. The van der Waals surface area contributed by atoms with Gasteiger partial charge in [-0.15, -0.1) is 0 Å². The van der Waals surface area contributed by atoms with Crippen molar-refractivity contribution in [3.05, 3.63) is 23.9 Å². The van der Waals surface area contributed by atoms with Crippen LogP contribution in [0.4, 0.5) is 5.82 Å². The van der Waals surface area contributed by atoms with Crippen molar-refractivity contribution in [1.82, 2.24) is 4.98 Å². The average Bonchev–Trinajstić information content (AvgIpc) is 2.46. The smallest absolute Gasteiger partial charge is 0.135 e. The summed E-state index contributed by atoms with van der Waals surface area (Å²) >= 11 is 0. The number of aromatic nitrogens is 1. The fourth-order valence-electron chi connectivity index (χ4n) is 2.42. The van der Waals surface area contributed by atoms with Gasteiger partial charge in [-0.25, -0.2) is 4.98 Å². The molecule has 3 heteroatoms. The molecule has 0 amide bonds. The zero-order valence-electron chi connectivity index (χ0n) is 13.9. The number of hydrogen-bond acceptors (Lipinski definition) is 3. The van der Waals surface area contributed by atoms with Gasteiger partial charge in [0.2, 0.25) is 0 Å². The monoisotopic (exact) mass is 289 g/mol. The van der Waals surface area contributed by atoms with Gasteiger partial charge in [-0.1, -0.05) is 52.9 Å².